The molecule has 1 aromatic carbocycles. The minimum atomic E-state index is 0.252. The van der Waals surface area contributed by atoms with Gasteiger partial charge in [-0.15, -0.1) is 0 Å². The van der Waals surface area contributed by atoms with E-state index in [4.69, 9.17) is 5.73 Å². The number of nitrogens with two attached hydrogens (primary N) is 1. The van der Waals surface area contributed by atoms with E-state index in [-0.39, 0.29) is 6.04 Å². The Morgan fingerprint density at radius 2 is 1.87 bits per heavy atom. The van der Waals surface area contributed by atoms with Crippen LogP contribution in [0.3, 0.4) is 0 Å². The second kappa shape index (κ2) is 5.92. The molecule has 1 aromatic rings. The van der Waals surface area contributed by atoms with Crippen LogP contribution in [0.1, 0.15) is 50.7 Å². The van der Waals surface area contributed by atoms with Crippen molar-refractivity contribution in [1.29, 1.82) is 0 Å². The molecular weight excluding hydrogens is 182 g/mol. The van der Waals surface area contributed by atoms with Crippen molar-refractivity contribution in [3.05, 3.63) is 35.4 Å². The lowest BCUT2D eigenvalue weighted by atomic mass is 9.92. The smallest absolute Gasteiger partial charge is 0.00509 e. The van der Waals surface area contributed by atoms with Crippen LogP contribution in [0, 0.1) is 0 Å². The molecule has 0 saturated carbocycles. The van der Waals surface area contributed by atoms with Crippen molar-refractivity contribution in [2.24, 2.45) is 5.73 Å². The van der Waals surface area contributed by atoms with Crippen molar-refractivity contribution in [2.45, 2.75) is 52.0 Å². The molecule has 0 aliphatic carbocycles. The molecule has 0 aliphatic heterocycles. The lowest BCUT2D eigenvalue weighted by Crippen LogP contribution is -2.17. The molecule has 0 heterocycles. The topological polar surface area (TPSA) is 26.0 Å². The van der Waals surface area contributed by atoms with Crippen molar-refractivity contribution < 1.29 is 0 Å². The molecule has 0 aliphatic rings. The lowest BCUT2D eigenvalue weighted by Gasteiger charge is -2.14. The van der Waals surface area contributed by atoms with Gasteiger partial charge in [0.15, 0.2) is 0 Å². The molecule has 1 nitrogen and oxygen atoms in total. The minimum absolute atomic E-state index is 0.252. The summed E-state index contributed by atoms with van der Waals surface area (Å²) in [4.78, 5) is 0. The maximum absolute atomic E-state index is 5.82. The van der Waals surface area contributed by atoms with Gasteiger partial charge in [0.25, 0.3) is 0 Å². The van der Waals surface area contributed by atoms with Crippen molar-refractivity contribution in [3.8, 4) is 0 Å². The first-order chi connectivity index (χ1) is 7.17. The Morgan fingerprint density at radius 1 is 1.20 bits per heavy atom. The van der Waals surface area contributed by atoms with Crippen LogP contribution in [0.2, 0.25) is 0 Å². The summed E-state index contributed by atoms with van der Waals surface area (Å²) in [6.45, 7) is 6.57. The van der Waals surface area contributed by atoms with Crippen molar-refractivity contribution >= 4 is 0 Å². The van der Waals surface area contributed by atoms with Crippen LogP contribution in [0.5, 0.6) is 0 Å². The van der Waals surface area contributed by atoms with E-state index in [0.717, 1.165) is 6.42 Å². The van der Waals surface area contributed by atoms with Gasteiger partial charge < -0.3 is 5.73 Å². The molecule has 0 amide bonds. The summed E-state index contributed by atoms with van der Waals surface area (Å²) < 4.78 is 0. The summed E-state index contributed by atoms with van der Waals surface area (Å²) in [6.07, 6.45) is 3.42. The van der Waals surface area contributed by atoms with E-state index in [1.165, 1.54) is 24.0 Å². The highest BCUT2D eigenvalue weighted by molar-refractivity contribution is 5.26. The van der Waals surface area contributed by atoms with Crippen molar-refractivity contribution in [2.75, 3.05) is 0 Å². The largest absolute Gasteiger partial charge is 0.328 e. The SMILES string of the molecule is CCC(CC)c1cccc(CC(C)N)c1. The van der Waals surface area contributed by atoms with Gasteiger partial charge in [-0.1, -0.05) is 38.1 Å². The molecule has 1 atom stereocenters. The Balaban J connectivity index is 2.81. The molecule has 84 valence electrons. The van der Waals surface area contributed by atoms with Crippen LogP contribution in [-0.2, 0) is 6.42 Å². The standard InChI is InChI=1S/C14H23N/c1-4-13(5-2)14-8-6-7-12(10-14)9-11(3)15/h6-8,10-11,13H,4-5,9,15H2,1-3H3. The Kier molecular flexibility index (Phi) is 4.83. The van der Waals surface area contributed by atoms with E-state index in [0.29, 0.717) is 5.92 Å². The number of rotatable bonds is 5. The molecular formula is C14H23N. The van der Waals surface area contributed by atoms with Crippen LogP contribution in [0.25, 0.3) is 0 Å². The Hall–Kier alpha value is -0.820. The Labute approximate surface area is 93.7 Å². The fourth-order valence-electron chi connectivity index (χ4n) is 2.11. The van der Waals surface area contributed by atoms with E-state index in [9.17, 15) is 0 Å². The third kappa shape index (κ3) is 3.67. The van der Waals surface area contributed by atoms with Crippen LogP contribution in [0.4, 0.5) is 0 Å². The van der Waals surface area contributed by atoms with E-state index in [1.807, 2.05) is 0 Å². The second-order valence-electron chi connectivity index (χ2n) is 4.44. The fourth-order valence-corrected chi connectivity index (χ4v) is 2.11. The first kappa shape index (κ1) is 12.3. The molecule has 2 N–H and O–H groups in total. The first-order valence-corrected chi connectivity index (χ1v) is 6.01. The molecule has 0 spiro atoms. The van der Waals surface area contributed by atoms with E-state index < -0.39 is 0 Å². The fraction of sp³-hybridized carbons (Fsp3) is 0.571. The molecule has 0 bridgehead atoms. The van der Waals surface area contributed by atoms with Crippen LogP contribution in [0.15, 0.2) is 24.3 Å². The third-order valence-electron chi connectivity index (χ3n) is 2.97. The summed E-state index contributed by atoms with van der Waals surface area (Å²) in [5, 5.41) is 0. The van der Waals surface area contributed by atoms with E-state index in [2.05, 4.69) is 45.0 Å². The number of hydrogen-bond donors (Lipinski definition) is 1. The summed E-state index contributed by atoms with van der Waals surface area (Å²) in [5.41, 5.74) is 8.66. The highest BCUT2D eigenvalue weighted by Gasteiger charge is 2.07. The monoisotopic (exact) mass is 205 g/mol. The molecule has 1 unspecified atom stereocenters. The van der Waals surface area contributed by atoms with E-state index >= 15 is 0 Å². The van der Waals surface area contributed by atoms with Crippen LogP contribution >= 0.6 is 0 Å². The zero-order valence-corrected chi connectivity index (χ0v) is 10.2. The van der Waals surface area contributed by atoms with Gasteiger partial charge in [-0.3, -0.25) is 0 Å². The summed E-state index contributed by atoms with van der Waals surface area (Å²) in [6, 6.07) is 9.14. The second-order valence-corrected chi connectivity index (χ2v) is 4.44. The van der Waals surface area contributed by atoms with Crippen LogP contribution < -0.4 is 5.73 Å². The molecule has 0 saturated heterocycles. The maximum Gasteiger partial charge on any atom is 0.00509 e. The third-order valence-corrected chi connectivity index (χ3v) is 2.97. The Morgan fingerprint density at radius 3 is 2.40 bits per heavy atom. The number of hydrogen-bond acceptors (Lipinski definition) is 1. The van der Waals surface area contributed by atoms with Gasteiger partial charge in [0.1, 0.15) is 0 Å². The predicted molar refractivity (Wildman–Crippen MR) is 67.1 cm³/mol. The van der Waals surface area contributed by atoms with Gasteiger partial charge in [0, 0.05) is 6.04 Å². The molecule has 0 aromatic heterocycles. The highest BCUT2D eigenvalue weighted by atomic mass is 14.6. The molecule has 15 heavy (non-hydrogen) atoms. The average molecular weight is 205 g/mol. The van der Waals surface area contributed by atoms with Gasteiger partial charge in [0.05, 0.1) is 0 Å². The maximum atomic E-state index is 5.82. The van der Waals surface area contributed by atoms with Crippen molar-refractivity contribution in [1.82, 2.24) is 0 Å². The molecule has 1 rings (SSSR count). The van der Waals surface area contributed by atoms with Gasteiger partial charge >= 0.3 is 0 Å². The first-order valence-electron chi connectivity index (χ1n) is 6.01. The summed E-state index contributed by atoms with van der Waals surface area (Å²) in [7, 11) is 0. The van der Waals surface area contributed by atoms with Gasteiger partial charge in [-0.05, 0) is 43.2 Å². The highest BCUT2D eigenvalue weighted by Crippen LogP contribution is 2.23. The zero-order chi connectivity index (χ0) is 11.3. The average Bonchev–Trinajstić information content (AvgIpc) is 2.19. The zero-order valence-electron chi connectivity index (χ0n) is 10.2. The quantitative estimate of drug-likeness (QED) is 0.782. The number of benzene rings is 1. The van der Waals surface area contributed by atoms with Gasteiger partial charge in [-0.25, -0.2) is 0 Å². The summed E-state index contributed by atoms with van der Waals surface area (Å²) in [5.74, 6) is 0.707. The van der Waals surface area contributed by atoms with Crippen molar-refractivity contribution in [3.63, 3.8) is 0 Å². The Bertz CT molecular complexity index is 287. The normalized spacial score (nSPS) is 13.1. The minimum Gasteiger partial charge on any atom is -0.328 e. The molecule has 0 fully saturated rings. The van der Waals surface area contributed by atoms with Gasteiger partial charge in [0.2, 0.25) is 0 Å². The lowest BCUT2D eigenvalue weighted by molar-refractivity contribution is 0.639. The predicted octanol–water partition coefficient (Wildman–Crippen LogP) is 3.48. The van der Waals surface area contributed by atoms with Gasteiger partial charge in [-0.2, -0.15) is 0 Å². The summed E-state index contributed by atoms with van der Waals surface area (Å²) >= 11 is 0. The van der Waals surface area contributed by atoms with E-state index in [1.54, 1.807) is 0 Å². The molecule has 1 heteroatoms. The molecule has 0 radical (unpaired) electrons. The van der Waals surface area contributed by atoms with Crippen LogP contribution in [-0.4, -0.2) is 6.04 Å².